The summed E-state index contributed by atoms with van der Waals surface area (Å²) in [6.07, 6.45) is 1.60. The predicted molar refractivity (Wildman–Crippen MR) is 83.0 cm³/mol. The minimum absolute atomic E-state index is 0.0236. The normalized spacial score (nSPS) is 10.5. The van der Waals surface area contributed by atoms with Crippen LogP contribution in [0.15, 0.2) is 44.2 Å². The highest BCUT2D eigenvalue weighted by atomic mass is 79.9. The fourth-order valence-corrected chi connectivity index (χ4v) is 3.14. The van der Waals surface area contributed by atoms with E-state index in [1.54, 1.807) is 24.4 Å². The second-order valence-corrected chi connectivity index (χ2v) is 5.90. The van der Waals surface area contributed by atoms with E-state index < -0.39 is 5.97 Å². The van der Waals surface area contributed by atoms with Crippen LogP contribution in [-0.2, 0) is 6.54 Å². The molecule has 0 amide bonds. The Balaban J connectivity index is 2.54. The number of nitrogen functional groups attached to an aromatic ring is 1. The van der Waals surface area contributed by atoms with Crippen molar-refractivity contribution < 1.29 is 9.90 Å². The Morgan fingerprint density at radius 2 is 2.05 bits per heavy atom. The molecule has 1 aromatic carbocycles. The number of rotatable bonds is 3. The van der Waals surface area contributed by atoms with Gasteiger partial charge in [0.2, 0.25) is 0 Å². The van der Waals surface area contributed by atoms with Crippen LogP contribution in [0.5, 0.6) is 0 Å². The molecular formula is C13H10Br2N2O3. The number of hydrogen-bond acceptors (Lipinski definition) is 3. The average Bonchev–Trinajstić information content (AvgIpc) is 2.35. The zero-order valence-electron chi connectivity index (χ0n) is 10.1. The van der Waals surface area contributed by atoms with Crippen molar-refractivity contribution in [2.24, 2.45) is 0 Å². The summed E-state index contributed by atoms with van der Waals surface area (Å²) in [5.74, 6) is -1.11. The Morgan fingerprint density at radius 1 is 1.35 bits per heavy atom. The van der Waals surface area contributed by atoms with Crippen molar-refractivity contribution in [3.05, 3.63) is 60.9 Å². The largest absolute Gasteiger partial charge is 0.478 e. The molecule has 0 aliphatic carbocycles. The minimum atomic E-state index is -1.11. The highest BCUT2D eigenvalue weighted by Crippen LogP contribution is 2.19. The Kier molecular flexibility index (Phi) is 4.29. The molecule has 0 bridgehead atoms. The summed E-state index contributed by atoms with van der Waals surface area (Å²) in [4.78, 5) is 23.3. The average molecular weight is 402 g/mol. The Labute approximate surface area is 131 Å². The molecule has 20 heavy (non-hydrogen) atoms. The van der Waals surface area contributed by atoms with E-state index in [1.807, 2.05) is 0 Å². The van der Waals surface area contributed by atoms with Crippen LogP contribution in [0.2, 0.25) is 0 Å². The molecule has 0 aliphatic heterocycles. The molecule has 104 valence electrons. The van der Waals surface area contributed by atoms with Crippen molar-refractivity contribution in [2.45, 2.75) is 6.54 Å². The highest BCUT2D eigenvalue weighted by Gasteiger charge is 2.14. The number of halogens is 2. The second-order valence-electron chi connectivity index (χ2n) is 4.13. The lowest BCUT2D eigenvalue weighted by molar-refractivity contribution is 0.0696. The van der Waals surface area contributed by atoms with Gasteiger partial charge in [-0.05, 0) is 49.6 Å². The SMILES string of the molecule is Nc1cccc(Cn2cc(Br)cc(Br)c2=O)c1C(=O)O. The van der Waals surface area contributed by atoms with Gasteiger partial charge < -0.3 is 15.4 Å². The van der Waals surface area contributed by atoms with Gasteiger partial charge >= 0.3 is 5.97 Å². The molecule has 2 rings (SSSR count). The number of pyridine rings is 1. The van der Waals surface area contributed by atoms with Crippen LogP contribution in [0.4, 0.5) is 5.69 Å². The third kappa shape index (κ3) is 2.94. The summed E-state index contributed by atoms with van der Waals surface area (Å²) >= 11 is 6.46. The first-order valence-electron chi connectivity index (χ1n) is 5.56. The second kappa shape index (κ2) is 5.80. The van der Waals surface area contributed by atoms with Crippen LogP contribution < -0.4 is 11.3 Å². The summed E-state index contributed by atoms with van der Waals surface area (Å²) in [7, 11) is 0. The van der Waals surface area contributed by atoms with Crippen molar-refractivity contribution >= 4 is 43.5 Å². The lowest BCUT2D eigenvalue weighted by Gasteiger charge is -2.11. The fourth-order valence-electron chi connectivity index (χ4n) is 1.88. The van der Waals surface area contributed by atoms with Crippen molar-refractivity contribution in [2.75, 3.05) is 5.73 Å². The first kappa shape index (κ1) is 14.8. The van der Waals surface area contributed by atoms with E-state index in [1.165, 1.54) is 10.6 Å². The number of benzene rings is 1. The van der Waals surface area contributed by atoms with Gasteiger partial charge in [0, 0.05) is 16.4 Å². The molecule has 1 aromatic heterocycles. The maximum atomic E-state index is 12.0. The molecule has 0 radical (unpaired) electrons. The molecule has 3 N–H and O–H groups in total. The van der Waals surface area contributed by atoms with E-state index in [0.29, 0.717) is 14.5 Å². The molecule has 5 nitrogen and oxygen atoms in total. The fraction of sp³-hybridized carbons (Fsp3) is 0.0769. The monoisotopic (exact) mass is 400 g/mol. The molecule has 0 spiro atoms. The van der Waals surface area contributed by atoms with Gasteiger partial charge in [-0.1, -0.05) is 12.1 Å². The number of nitrogens with zero attached hydrogens (tertiary/aromatic N) is 1. The van der Waals surface area contributed by atoms with Gasteiger partial charge in [-0.3, -0.25) is 4.79 Å². The number of carbonyl (C=O) groups is 1. The lowest BCUT2D eigenvalue weighted by Crippen LogP contribution is -2.22. The topological polar surface area (TPSA) is 85.3 Å². The lowest BCUT2D eigenvalue weighted by atomic mass is 10.1. The Bertz CT molecular complexity index is 741. The van der Waals surface area contributed by atoms with Crippen molar-refractivity contribution in [1.29, 1.82) is 0 Å². The Morgan fingerprint density at radius 3 is 2.70 bits per heavy atom. The zero-order valence-corrected chi connectivity index (χ0v) is 13.3. The maximum absolute atomic E-state index is 12.0. The summed E-state index contributed by atoms with van der Waals surface area (Å²) in [5, 5.41) is 9.22. The highest BCUT2D eigenvalue weighted by molar-refractivity contribution is 9.11. The molecule has 1 heterocycles. The van der Waals surface area contributed by atoms with Gasteiger partial charge in [-0.25, -0.2) is 4.79 Å². The molecule has 0 saturated carbocycles. The Hall–Kier alpha value is -1.60. The third-order valence-corrected chi connectivity index (χ3v) is 3.75. The molecule has 2 aromatic rings. The van der Waals surface area contributed by atoms with Crippen LogP contribution in [0, 0.1) is 0 Å². The van der Waals surface area contributed by atoms with E-state index >= 15 is 0 Å². The summed E-state index contributed by atoms with van der Waals surface area (Å²) in [6, 6.07) is 6.46. The summed E-state index contributed by atoms with van der Waals surface area (Å²) in [6.45, 7) is 0.129. The van der Waals surface area contributed by atoms with Crippen molar-refractivity contribution in [3.8, 4) is 0 Å². The summed E-state index contributed by atoms with van der Waals surface area (Å²) in [5.41, 5.74) is 6.12. The number of anilines is 1. The van der Waals surface area contributed by atoms with Crippen LogP contribution >= 0.6 is 31.9 Å². The summed E-state index contributed by atoms with van der Waals surface area (Å²) < 4.78 is 2.52. The number of hydrogen-bond donors (Lipinski definition) is 2. The van der Waals surface area contributed by atoms with E-state index in [2.05, 4.69) is 31.9 Å². The molecule has 0 saturated heterocycles. The van der Waals surface area contributed by atoms with Crippen LogP contribution in [0.3, 0.4) is 0 Å². The molecule has 0 aliphatic rings. The van der Waals surface area contributed by atoms with E-state index in [0.717, 1.165) is 0 Å². The van der Waals surface area contributed by atoms with Crippen LogP contribution in [0.1, 0.15) is 15.9 Å². The van der Waals surface area contributed by atoms with E-state index in [-0.39, 0.29) is 23.4 Å². The first-order valence-corrected chi connectivity index (χ1v) is 7.15. The quantitative estimate of drug-likeness (QED) is 0.774. The van der Waals surface area contributed by atoms with Gasteiger partial charge in [-0.2, -0.15) is 0 Å². The minimum Gasteiger partial charge on any atom is -0.478 e. The molecular weight excluding hydrogens is 392 g/mol. The van der Waals surface area contributed by atoms with Gasteiger partial charge in [0.15, 0.2) is 0 Å². The van der Waals surface area contributed by atoms with E-state index in [4.69, 9.17) is 5.73 Å². The van der Waals surface area contributed by atoms with Crippen LogP contribution in [-0.4, -0.2) is 15.6 Å². The third-order valence-electron chi connectivity index (χ3n) is 2.75. The van der Waals surface area contributed by atoms with Crippen molar-refractivity contribution in [1.82, 2.24) is 4.57 Å². The zero-order chi connectivity index (χ0) is 14.9. The predicted octanol–water partition coefficient (Wildman–Crippen LogP) is 2.70. The number of nitrogens with two attached hydrogens (primary N) is 1. The van der Waals surface area contributed by atoms with Gasteiger partial charge in [0.05, 0.1) is 16.6 Å². The smallest absolute Gasteiger partial charge is 0.338 e. The number of aromatic carboxylic acids is 1. The van der Waals surface area contributed by atoms with E-state index in [9.17, 15) is 14.7 Å². The molecule has 0 fully saturated rings. The molecule has 7 heteroatoms. The van der Waals surface area contributed by atoms with Crippen LogP contribution in [0.25, 0.3) is 0 Å². The van der Waals surface area contributed by atoms with Gasteiger partial charge in [-0.15, -0.1) is 0 Å². The molecule has 0 unspecified atom stereocenters. The number of aromatic nitrogens is 1. The molecule has 0 atom stereocenters. The standard InChI is InChI=1S/C13H10Br2N2O3/c14-8-4-9(15)12(18)17(6-8)5-7-2-1-3-10(16)11(7)13(19)20/h1-4,6H,5,16H2,(H,19,20). The van der Waals surface area contributed by atoms with Gasteiger partial charge in [0.1, 0.15) is 0 Å². The number of carboxylic acid groups (broad SMARTS) is 1. The van der Waals surface area contributed by atoms with Gasteiger partial charge in [0.25, 0.3) is 5.56 Å². The first-order chi connectivity index (χ1) is 9.40. The van der Waals surface area contributed by atoms with Crippen molar-refractivity contribution in [3.63, 3.8) is 0 Å². The number of carboxylic acids is 1. The maximum Gasteiger partial charge on any atom is 0.338 e.